The zero-order valence-electron chi connectivity index (χ0n) is 9.36. The molecule has 0 radical (unpaired) electrons. The van der Waals surface area contributed by atoms with Gasteiger partial charge in [0.15, 0.2) is 0 Å². The standard InChI is InChI=1S/C12H14N4/c1-8-11(10-6-4-3-5-7-10)9(2)16(15-8)12(13)14/h3-7H,1-2H3,(H3,13,14). The summed E-state index contributed by atoms with van der Waals surface area (Å²) in [7, 11) is 0. The van der Waals surface area contributed by atoms with Gasteiger partial charge in [0.1, 0.15) is 0 Å². The Balaban J connectivity index is 2.63. The van der Waals surface area contributed by atoms with Crippen LogP contribution in [0.3, 0.4) is 0 Å². The van der Waals surface area contributed by atoms with E-state index in [0.29, 0.717) is 0 Å². The Morgan fingerprint density at radius 1 is 1.25 bits per heavy atom. The predicted molar refractivity (Wildman–Crippen MR) is 64.4 cm³/mol. The summed E-state index contributed by atoms with van der Waals surface area (Å²) in [5.41, 5.74) is 9.40. The molecule has 0 unspecified atom stereocenters. The maximum atomic E-state index is 7.43. The molecule has 0 atom stereocenters. The number of nitrogens with two attached hydrogens (primary N) is 1. The highest BCUT2D eigenvalue weighted by Gasteiger charge is 2.13. The van der Waals surface area contributed by atoms with E-state index in [1.165, 1.54) is 4.68 Å². The van der Waals surface area contributed by atoms with Gasteiger partial charge in [0.05, 0.1) is 11.4 Å². The molecule has 0 bridgehead atoms. The van der Waals surface area contributed by atoms with Gasteiger partial charge in [-0.2, -0.15) is 5.10 Å². The summed E-state index contributed by atoms with van der Waals surface area (Å²) in [5.74, 6) is -0.0530. The molecule has 0 amide bonds. The van der Waals surface area contributed by atoms with Crippen molar-refractivity contribution in [3.63, 3.8) is 0 Å². The number of rotatable bonds is 1. The summed E-state index contributed by atoms with van der Waals surface area (Å²) in [4.78, 5) is 0. The van der Waals surface area contributed by atoms with Gasteiger partial charge in [0.25, 0.3) is 0 Å². The van der Waals surface area contributed by atoms with Crippen LogP contribution < -0.4 is 5.73 Å². The Bertz CT molecular complexity index is 525. The van der Waals surface area contributed by atoms with E-state index in [-0.39, 0.29) is 5.96 Å². The van der Waals surface area contributed by atoms with E-state index >= 15 is 0 Å². The van der Waals surface area contributed by atoms with Crippen LogP contribution in [0.4, 0.5) is 0 Å². The van der Waals surface area contributed by atoms with Crippen LogP contribution in [-0.4, -0.2) is 15.7 Å². The van der Waals surface area contributed by atoms with Crippen molar-refractivity contribution >= 4 is 5.96 Å². The van der Waals surface area contributed by atoms with Crippen LogP contribution in [0.25, 0.3) is 11.1 Å². The highest BCUT2D eigenvalue weighted by Crippen LogP contribution is 2.26. The van der Waals surface area contributed by atoms with Gasteiger partial charge in [0.2, 0.25) is 5.96 Å². The van der Waals surface area contributed by atoms with E-state index in [2.05, 4.69) is 5.10 Å². The average molecular weight is 214 g/mol. The minimum atomic E-state index is -0.0530. The van der Waals surface area contributed by atoms with Gasteiger partial charge in [-0.3, -0.25) is 5.41 Å². The topological polar surface area (TPSA) is 67.7 Å². The molecule has 2 rings (SSSR count). The molecule has 3 N–H and O–H groups in total. The van der Waals surface area contributed by atoms with E-state index in [1.807, 2.05) is 44.2 Å². The van der Waals surface area contributed by atoms with E-state index in [4.69, 9.17) is 11.1 Å². The number of nitrogens with one attached hydrogen (secondary N) is 1. The molecule has 2 aromatic rings. The zero-order chi connectivity index (χ0) is 11.7. The van der Waals surface area contributed by atoms with Crippen LogP contribution in [0.2, 0.25) is 0 Å². The Hall–Kier alpha value is -2.10. The minimum Gasteiger partial charge on any atom is -0.368 e. The first-order valence-corrected chi connectivity index (χ1v) is 5.07. The molecule has 0 aliphatic rings. The first kappa shape index (κ1) is 10.4. The van der Waals surface area contributed by atoms with Gasteiger partial charge < -0.3 is 5.73 Å². The largest absolute Gasteiger partial charge is 0.368 e. The molecule has 4 nitrogen and oxygen atoms in total. The molecule has 4 heteroatoms. The molecule has 0 saturated heterocycles. The molecule has 0 aliphatic carbocycles. The summed E-state index contributed by atoms with van der Waals surface area (Å²) >= 11 is 0. The van der Waals surface area contributed by atoms with Crippen LogP contribution in [-0.2, 0) is 0 Å². The number of aromatic nitrogens is 2. The van der Waals surface area contributed by atoms with Gasteiger partial charge in [-0.1, -0.05) is 30.3 Å². The van der Waals surface area contributed by atoms with Crippen molar-refractivity contribution in [2.75, 3.05) is 0 Å². The Kier molecular flexibility index (Phi) is 2.48. The third-order valence-electron chi connectivity index (χ3n) is 2.58. The summed E-state index contributed by atoms with van der Waals surface area (Å²) < 4.78 is 1.46. The second kappa shape index (κ2) is 3.81. The van der Waals surface area contributed by atoms with E-state index in [9.17, 15) is 0 Å². The van der Waals surface area contributed by atoms with Crippen LogP contribution >= 0.6 is 0 Å². The molecular weight excluding hydrogens is 200 g/mol. The molecule has 16 heavy (non-hydrogen) atoms. The van der Waals surface area contributed by atoms with Gasteiger partial charge in [-0.25, -0.2) is 4.68 Å². The highest BCUT2D eigenvalue weighted by molar-refractivity contribution is 5.80. The molecular formula is C12H14N4. The lowest BCUT2D eigenvalue weighted by Gasteiger charge is -2.02. The summed E-state index contributed by atoms with van der Waals surface area (Å²) in [6.07, 6.45) is 0. The average Bonchev–Trinajstić information content (AvgIpc) is 2.56. The number of nitrogen functional groups attached to an aromatic ring is 1. The molecule has 1 aromatic heterocycles. The van der Waals surface area contributed by atoms with Gasteiger partial charge in [-0.15, -0.1) is 0 Å². The second-order valence-corrected chi connectivity index (χ2v) is 3.71. The van der Waals surface area contributed by atoms with E-state index < -0.39 is 0 Å². The third kappa shape index (κ3) is 1.58. The maximum Gasteiger partial charge on any atom is 0.213 e. The zero-order valence-corrected chi connectivity index (χ0v) is 9.36. The maximum absolute atomic E-state index is 7.43. The molecule has 1 heterocycles. The lowest BCUT2D eigenvalue weighted by molar-refractivity contribution is 0.863. The van der Waals surface area contributed by atoms with Crippen molar-refractivity contribution in [3.8, 4) is 11.1 Å². The smallest absolute Gasteiger partial charge is 0.213 e. The lowest BCUT2D eigenvalue weighted by atomic mass is 10.0. The number of aryl methyl sites for hydroxylation is 1. The first-order chi connectivity index (χ1) is 7.61. The molecule has 0 aliphatic heterocycles. The predicted octanol–water partition coefficient (Wildman–Crippen LogP) is 1.91. The van der Waals surface area contributed by atoms with Crippen LogP contribution in [0.5, 0.6) is 0 Å². The minimum absolute atomic E-state index is 0.0530. The van der Waals surface area contributed by atoms with Crippen molar-refractivity contribution in [2.24, 2.45) is 5.73 Å². The molecule has 82 valence electrons. The Morgan fingerprint density at radius 3 is 2.38 bits per heavy atom. The summed E-state index contributed by atoms with van der Waals surface area (Å²) in [5, 5.41) is 11.7. The third-order valence-corrected chi connectivity index (χ3v) is 2.58. The van der Waals surface area contributed by atoms with Crippen molar-refractivity contribution < 1.29 is 0 Å². The van der Waals surface area contributed by atoms with Gasteiger partial charge in [-0.05, 0) is 19.4 Å². The monoisotopic (exact) mass is 214 g/mol. The van der Waals surface area contributed by atoms with E-state index in [1.54, 1.807) is 0 Å². The number of benzene rings is 1. The fourth-order valence-electron chi connectivity index (χ4n) is 1.90. The second-order valence-electron chi connectivity index (χ2n) is 3.71. The molecule has 0 fully saturated rings. The number of nitrogens with zero attached hydrogens (tertiary/aromatic N) is 2. The SMILES string of the molecule is Cc1nn(C(=N)N)c(C)c1-c1ccccc1. The highest BCUT2D eigenvalue weighted by atomic mass is 15.3. The van der Waals surface area contributed by atoms with Crippen LogP contribution in [0, 0.1) is 19.3 Å². The quantitative estimate of drug-likeness (QED) is 0.562. The van der Waals surface area contributed by atoms with Crippen LogP contribution in [0.1, 0.15) is 11.4 Å². The van der Waals surface area contributed by atoms with Crippen molar-refractivity contribution in [3.05, 3.63) is 41.7 Å². The van der Waals surface area contributed by atoms with E-state index in [0.717, 1.165) is 22.5 Å². The fourth-order valence-corrected chi connectivity index (χ4v) is 1.90. The van der Waals surface area contributed by atoms with Gasteiger partial charge >= 0.3 is 0 Å². The molecule has 0 saturated carbocycles. The van der Waals surface area contributed by atoms with Crippen LogP contribution in [0.15, 0.2) is 30.3 Å². The van der Waals surface area contributed by atoms with Gasteiger partial charge in [0, 0.05) is 5.56 Å². The molecule has 1 aromatic carbocycles. The summed E-state index contributed by atoms with van der Waals surface area (Å²) in [6.45, 7) is 3.85. The first-order valence-electron chi connectivity index (χ1n) is 5.07. The normalized spacial score (nSPS) is 10.4. The van der Waals surface area contributed by atoms with Crippen molar-refractivity contribution in [2.45, 2.75) is 13.8 Å². The summed E-state index contributed by atoms with van der Waals surface area (Å²) in [6, 6.07) is 10.0. The molecule has 0 spiro atoms. The number of hydrogen-bond donors (Lipinski definition) is 2. The lowest BCUT2D eigenvalue weighted by Crippen LogP contribution is -2.23. The van der Waals surface area contributed by atoms with Crippen molar-refractivity contribution in [1.82, 2.24) is 9.78 Å². The van der Waals surface area contributed by atoms with Crippen molar-refractivity contribution in [1.29, 1.82) is 5.41 Å². The fraction of sp³-hybridized carbons (Fsp3) is 0.167. The Morgan fingerprint density at radius 2 is 1.88 bits per heavy atom. The Labute approximate surface area is 94.2 Å². The number of hydrogen-bond acceptors (Lipinski definition) is 2.